The quantitative estimate of drug-likeness (QED) is 0.0627. The van der Waals surface area contributed by atoms with Crippen molar-refractivity contribution in [2.45, 2.75) is 259 Å². The molecule has 0 aliphatic heterocycles. The van der Waals surface area contributed by atoms with Crippen molar-refractivity contribution in [1.82, 2.24) is 0 Å². The number of rotatable bonds is 40. The SMILES string of the molecule is CC(C)CCCCCCCCCCCCCCCCCC(CCCCCCCCCCCCCCCCCC(C)C)(CCC(=O)O)C(=O)O. The Labute approximate surface area is 307 Å². The molecule has 0 aromatic heterocycles. The summed E-state index contributed by atoms with van der Waals surface area (Å²) in [5, 5.41) is 19.6. The van der Waals surface area contributed by atoms with E-state index >= 15 is 0 Å². The van der Waals surface area contributed by atoms with E-state index in [9.17, 15) is 19.8 Å². The summed E-state index contributed by atoms with van der Waals surface area (Å²) in [6, 6.07) is 0. The zero-order valence-corrected chi connectivity index (χ0v) is 33.8. The van der Waals surface area contributed by atoms with Crippen LogP contribution in [-0.4, -0.2) is 22.2 Å². The first-order valence-electron chi connectivity index (χ1n) is 22.1. The van der Waals surface area contributed by atoms with Crippen LogP contribution in [0.5, 0.6) is 0 Å². The van der Waals surface area contributed by atoms with Gasteiger partial charge in [0.15, 0.2) is 0 Å². The highest BCUT2D eigenvalue weighted by Gasteiger charge is 2.37. The molecule has 0 aliphatic rings. The van der Waals surface area contributed by atoms with Crippen LogP contribution in [0.3, 0.4) is 0 Å². The predicted octanol–water partition coefficient (Wildman–Crippen LogP) is 15.5. The van der Waals surface area contributed by atoms with Crippen LogP contribution in [0.2, 0.25) is 0 Å². The molecule has 0 fully saturated rings. The first kappa shape index (κ1) is 47.9. The van der Waals surface area contributed by atoms with Gasteiger partial charge in [-0.25, -0.2) is 0 Å². The molecule has 2 N–H and O–H groups in total. The normalized spacial score (nSPS) is 12.0. The number of carbonyl (C=O) groups is 2. The summed E-state index contributed by atoms with van der Waals surface area (Å²) in [6.07, 6.45) is 43.4. The van der Waals surface area contributed by atoms with Gasteiger partial charge in [0, 0.05) is 6.42 Å². The van der Waals surface area contributed by atoms with Crippen LogP contribution in [0.4, 0.5) is 0 Å². The largest absolute Gasteiger partial charge is 0.481 e. The lowest BCUT2D eigenvalue weighted by molar-refractivity contribution is -0.151. The van der Waals surface area contributed by atoms with Gasteiger partial charge in [0.25, 0.3) is 0 Å². The fourth-order valence-corrected chi connectivity index (χ4v) is 7.67. The second kappa shape index (κ2) is 35.3. The van der Waals surface area contributed by atoms with Crippen LogP contribution >= 0.6 is 0 Å². The van der Waals surface area contributed by atoms with Crippen molar-refractivity contribution in [2.75, 3.05) is 0 Å². The molecule has 0 unspecified atom stereocenters. The maximum Gasteiger partial charge on any atom is 0.309 e. The van der Waals surface area contributed by atoms with Crippen LogP contribution in [-0.2, 0) is 9.59 Å². The van der Waals surface area contributed by atoms with Gasteiger partial charge in [-0.2, -0.15) is 0 Å². The number of hydrogen-bond acceptors (Lipinski definition) is 2. The summed E-state index contributed by atoms with van der Waals surface area (Å²) >= 11 is 0. The van der Waals surface area contributed by atoms with E-state index in [1.807, 2.05) is 0 Å². The van der Waals surface area contributed by atoms with E-state index in [1.54, 1.807) is 0 Å². The molecule has 0 aromatic rings. The highest BCUT2D eigenvalue weighted by atomic mass is 16.4. The van der Waals surface area contributed by atoms with E-state index in [-0.39, 0.29) is 12.8 Å². The van der Waals surface area contributed by atoms with Gasteiger partial charge in [0.05, 0.1) is 5.41 Å². The molecule has 0 saturated carbocycles. The van der Waals surface area contributed by atoms with Gasteiger partial charge < -0.3 is 10.2 Å². The molecule has 4 nitrogen and oxygen atoms in total. The lowest BCUT2D eigenvalue weighted by atomic mass is 9.74. The minimum atomic E-state index is -0.875. The monoisotopic (exact) mass is 693 g/mol. The lowest BCUT2D eigenvalue weighted by Gasteiger charge is -2.29. The summed E-state index contributed by atoms with van der Waals surface area (Å²) in [4.78, 5) is 23.8. The van der Waals surface area contributed by atoms with Crippen LogP contribution in [0.15, 0.2) is 0 Å². The third kappa shape index (κ3) is 33.8. The standard InChI is InChI=1S/C45H88O4/c1-41(2)35-31-27-23-19-15-11-7-5-9-13-17-21-25-29-33-38-45(44(48)49,40-37-43(46)47)39-34-30-26-22-18-14-10-6-8-12-16-20-24-28-32-36-42(3)4/h41-42H,5-40H2,1-4H3,(H,46,47)(H,48,49). The molecule has 0 rings (SSSR count). The summed E-state index contributed by atoms with van der Waals surface area (Å²) in [7, 11) is 0. The number of hydrogen-bond donors (Lipinski definition) is 2. The maximum absolute atomic E-state index is 12.5. The molecule has 0 atom stereocenters. The molecule has 0 spiro atoms. The van der Waals surface area contributed by atoms with E-state index in [2.05, 4.69) is 27.7 Å². The summed E-state index contributed by atoms with van der Waals surface area (Å²) in [5.41, 5.74) is -0.861. The van der Waals surface area contributed by atoms with Gasteiger partial charge in [0.2, 0.25) is 0 Å². The smallest absolute Gasteiger partial charge is 0.309 e. The highest BCUT2D eigenvalue weighted by molar-refractivity contribution is 5.76. The van der Waals surface area contributed by atoms with Gasteiger partial charge >= 0.3 is 11.9 Å². The van der Waals surface area contributed by atoms with Crippen molar-refractivity contribution >= 4 is 11.9 Å². The van der Waals surface area contributed by atoms with Crippen LogP contribution in [0, 0.1) is 17.3 Å². The number of carboxylic acids is 2. The average Bonchev–Trinajstić information content (AvgIpc) is 3.05. The van der Waals surface area contributed by atoms with Crippen molar-refractivity contribution in [3.05, 3.63) is 0 Å². The molecule has 4 heteroatoms. The predicted molar refractivity (Wildman–Crippen MR) is 214 cm³/mol. The summed E-state index contributed by atoms with van der Waals surface area (Å²) in [5.74, 6) is 0.0557. The Kier molecular flexibility index (Phi) is 34.6. The Morgan fingerprint density at radius 2 is 0.592 bits per heavy atom. The van der Waals surface area contributed by atoms with E-state index in [1.165, 1.54) is 180 Å². The fraction of sp³-hybridized carbons (Fsp3) is 0.956. The Bertz CT molecular complexity index is 673. The van der Waals surface area contributed by atoms with Gasteiger partial charge in [-0.3, -0.25) is 9.59 Å². The van der Waals surface area contributed by atoms with Gasteiger partial charge in [-0.15, -0.1) is 0 Å². The van der Waals surface area contributed by atoms with Crippen LogP contribution < -0.4 is 0 Å². The van der Waals surface area contributed by atoms with Gasteiger partial charge in [-0.05, 0) is 31.1 Å². The fourth-order valence-electron chi connectivity index (χ4n) is 7.67. The Hall–Kier alpha value is -1.06. The van der Waals surface area contributed by atoms with E-state index in [4.69, 9.17) is 0 Å². The molecular weight excluding hydrogens is 604 g/mol. The zero-order valence-electron chi connectivity index (χ0n) is 33.8. The molecule has 0 aliphatic carbocycles. The summed E-state index contributed by atoms with van der Waals surface area (Å²) < 4.78 is 0. The molecule has 0 saturated heterocycles. The number of carboxylic acid groups (broad SMARTS) is 2. The van der Waals surface area contributed by atoms with Gasteiger partial charge in [-0.1, -0.05) is 233 Å². The third-order valence-corrected chi connectivity index (χ3v) is 11.1. The van der Waals surface area contributed by atoms with E-state index in [0.717, 1.165) is 37.5 Å². The van der Waals surface area contributed by atoms with Crippen molar-refractivity contribution in [1.29, 1.82) is 0 Å². The lowest BCUT2D eigenvalue weighted by Crippen LogP contribution is -2.32. The molecule has 49 heavy (non-hydrogen) atoms. The Morgan fingerprint density at radius 3 is 0.796 bits per heavy atom. The molecule has 0 bridgehead atoms. The zero-order chi connectivity index (χ0) is 36.3. The second-order valence-corrected chi connectivity index (χ2v) is 17.0. The number of unbranched alkanes of at least 4 members (excludes halogenated alkanes) is 28. The second-order valence-electron chi connectivity index (χ2n) is 17.0. The molecule has 0 radical (unpaired) electrons. The molecule has 0 amide bonds. The van der Waals surface area contributed by atoms with Gasteiger partial charge in [0.1, 0.15) is 0 Å². The molecule has 0 heterocycles. The van der Waals surface area contributed by atoms with Crippen molar-refractivity contribution in [3.8, 4) is 0 Å². The number of aliphatic carboxylic acids is 2. The Balaban J connectivity index is 3.91. The maximum atomic E-state index is 12.5. The van der Waals surface area contributed by atoms with Crippen molar-refractivity contribution in [3.63, 3.8) is 0 Å². The first-order chi connectivity index (χ1) is 23.7. The molecule has 292 valence electrons. The van der Waals surface area contributed by atoms with Crippen molar-refractivity contribution in [2.24, 2.45) is 17.3 Å². The van der Waals surface area contributed by atoms with E-state index in [0.29, 0.717) is 12.8 Å². The first-order valence-corrected chi connectivity index (χ1v) is 22.1. The van der Waals surface area contributed by atoms with E-state index < -0.39 is 17.4 Å². The van der Waals surface area contributed by atoms with Crippen LogP contribution in [0.25, 0.3) is 0 Å². The van der Waals surface area contributed by atoms with Crippen molar-refractivity contribution < 1.29 is 19.8 Å². The minimum Gasteiger partial charge on any atom is -0.481 e. The molecular formula is C45H88O4. The summed E-state index contributed by atoms with van der Waals surface area (Å²) in [6.45, 7) is 9.28. The minimum absolute atomic E-state index is 0.0388. The Morgan fingerprint density at radius 1 is 0.367 bits per heavy atom. The van der Waals surface area contributed by atoms with Crippen LogP contribution in [0.1, 0.15) is 259 Å². The third-order valence-electron chi connectivity index (χ3n) is 11.1. The average molecular weight is 693 g/mol. The topological polar surface area (TPSA) is 74.6 Å². The highest BCUT2D eigenvalue weighted by Crippen LogP contribution is 2.37. The molecule has 0 aromatic carbocycles.